The van der Waals surface area contributed by atoms with Crippen molar-refractivity contribution in [2.45, 2.75) is 30.6 Å². The molecule has 0 saturated carbocycles. The summed E-state index contributed by atoms with van der Waals surface area (Å²) in [5.74, 6) is -0.322. The van der Waals surface area contributed by atoms with Crippen LogP contribution in [0.1, 0.15) is 25.5 Å². The number of primary amides is 1. The average molecular weight is 322 g/mol. The number of pyridine rings is 1. The van der Waals surface area contributed by atoms with Crippen LogP contribution in [-0.4, -0.2) is 16.9 Å². The van der Waals surface area contributed by atoms with Crippen LogP contribution >= 0.6 is 24.2 Å². The van der Waals surface area contributed by atoms with Gasteiger partial charge in [0.1, 0.15) is 0 Å². The SMILES string of the molecule is CC1(S)CC(CC(N)=O)Nc2cc3cc(Cl)ccc3nc21. The second-order valence-electron chi connectivity index (χ2n) is 5.71. The van der Waals surface area contributed by atoms with E-state index >= 15 is 0 Å². The molecule has 2 unspecified atom stereocenters. The Morgan fingerprint density at radius 1 is 1.57 bits per heavy atom. The Morgan fingerprint density at radius 3 is 3.05 bits per heavy atom. The molecule has 0 radical (unpaired) electrons. The van der Waals surface area contributed by atoms with Crippen LogP contribution in [0.2, 0.25) is 5.02 Å². The average Bonchev–Trinajstić information content (AvgIpc) is 2.35. The Morgan fingerprint density at radius 2 is 2.33 bits per heavy atom. The number of nitrogens with two attached hydrogens (primary N) is 1. The number of nitrogens with one attached hydrogen (secondary N) is 1. The van der Waals surface area contributed by atoms with Gasteiger partial charge in [-0.25, -0.2) is 4.98 Å². The predicted octanol–water partition coefficient (Wildman–Crippen LogP) is 3.09. The molecular weight excluding hydrogens is 306 g/mol. The van der Waals surface area contributed by atoms with E-state index in [1.54, 1.807) is 0 Å². The summed E-state index contributed by atoms with van der Waals surface area (Å²) in [4.78, 5) is 15.9. The van der Waals surface area contributed by atoms with Crippen molar-refractivity contribution in [3.63, 3.8) is 0 Å². The normalized spacial score (nSPS) is 24.4. The van der Waals surface area contributed by atoms with Crippen molar-refractivity contribution in [3.05, 3.63) is 35.0 Å². The van der Waals surface area contributed by atoms with Crippen molar-refractivity contribution in [1.82, 2.24) is 4.98 Å². The van der Waals surface area contributed by atoms with Crippen LogP contribution in [0.15, 0.2) is 24.3 Å². The minimum Gasteiger partial charge on any atom is -0.380 e. The Hall–Kier alpha value is -1.46. The monoisotopic (exact) mass is 321 g/mol. The summed E-state index contributed by atoms with van der Waals surface area (Å²) < 4.78 is -0.408. The van der Waals surface area contributed by atoms with Gasteiger partial charge in [0.05, 0.1) is 21.6 Å². The van der Waals surface area contributed by atoms with Crippen LogP contribution < -0.4 is 11.1 Å². The Balaban J connectivity index is 2.10. The lowest BCUT2D eigenvalue weighted by Crippen LogP contribution is -2.38. The smallest absolute Gasteiger partial charge is 0.219 e. The van der Waals surface area contributed by atoms with Gasteiger partial charge in [0.25, 0.3) is 0 Å². The van der Waals surface area contributed by atoms with Gasteiger partial charge in [-0.15, -0.1) is 0 Å². The Labute approximate surface area is 133 Å². The first-order valence-electron chi connectivity index (χ1n) is 6.73. The fourth-order valence-corrected chi connectivity index (χ4v) is 3.45. The minimum absolute atomic E-state index is 0.0315. The number of nitrogens with zero attached hydrogens (tertiary/aromatic N) is 1. The van der Waals surface area contributed by atoms with Crippen LogP contribution in [0.3, 0.4) is 0 Å². The minimum atomic E-state index is -0.408. The number of hydrogen-bond donors (Lipinski definition) is 3. The fraction of sp³-hybridized carbons (Fsp3) is 0.333. The van der Waals surface area contributed by atoms with Crippen molar-refractivity contribution >= 4 is 46.7 Å². The zero-order chi connectivity index (χ0) is 15.2. The van der Waals surface area contributed by atoms with E-state index in [-0.39, 0.29) is 18.4 Å². The third-order valence-corrected chi connectivity index (χ3v) is 4.37. The molecule has 6 heteroatoms. The highest BCUT2D eigenvalue weighted by molar-refractivity contribution is 7.81. The summed E-state index contributed by atoms with van der Waals surface area (Å²) in [6.45, 7) is 2.01. The van der Waals surface area contributed by atoms with Crippen molar-refractivity contribution in [3.8, 4) is 0 Å². The van der Waals surface area contributed by atoms with Gasteiger partial charge < -0.3 is 11.1 Å². The molecule has 0 saturated heterocycles. The van der Waals surface area contributed by atoms with Crippen LogP contribution in [0.4, 0.5) is 5.69 Å². The molecule has 0 fully saturated rings. The molecule has 2 aromatic rings. The number of fused-ring (bicyclic) bond motifs is 2. The third kappa shape index (κ3) is 2.80. The summed E-state index contributed by atoms with van der Waals surface area (Å²) in [7, 11) is 0. The highest BCUT2D eigenvalue weighted by Crippen LogP contribution is 2.42. The first kappa shape index (κ1) is 14.5. The molecule has 2 heterocycles. The molecule has 1 aromatic carbocycles. The van der Waals surface area contributed by atoms with Gasteiger partial charge in [0, 0.05) is 22.9 Å². The first-order valence-corrected chi connectivity index (χ1v) is 7.56. The molecule has 0 aliphatic carbocycles. The van der Waals surface area contributed by atoms with Crippen molar-refractivity contribution in [2.24, 2.45) is 5.73 Å². The maximum absolute atomic E-state index is 11.2. The van der Waals surface area contributed by atoms with Gasteiger partial charge in [0.15, 0.2) is 0 Å². The largest absolute Gasteiger partial charge is 0.380 e. The van der Waals surface area contributed by atoms with E-state index in [9.17, 15) is 4.79 Å². The second kappa shape index (κ2) is 5.07. The van der Waals surface area contributed by atoms with Crippen molar-refractivity contribution in [1.29, 1.82) is 0 Å². The maximum Gasteiger partial charge on any atom is 0.219 e. The standard InChI is InChI=1S/C15H16ClN3OS/c1-15(21)7-10(6-13(17)20)18-12-5-8-4-9(16)2-3-11(8)19-14(12)15/h2-5,10,18,21H,6-7H2,1H3,(H2,17,20). The molecule has 110 valence electrons. The molecule has 1 amide bonds. The number of carbonyl (C=O) groups excluding carboxylic acids is 1. The fourth-order valence-electron chi connectivity index (χ4n) is 2.88. The third-order valence-electron chi connectivity index (χ3n) is 3.74. The molecule has 2 atom stereocenters. The number of anilines is 1. The van der Waals surface area contributed by atoms with Crippen molar-refractivity contribution < 1.29 is 4.79 Å². The highest BCUT2D eigenvalue weighted by Gasteiger charge is 2.35. The van der Waals surface area contributed by atoms with E-state index in [1.165, 1.54) is 0 Å². The Bertz CT molecular complexity index is 732. The number of amides is 1. The topological polar surface area (TPSA) is 68.0 Å². The number of halogens is 1. The highest BCUT2D eigenvalue weighted by atomic mass is 35.5. The van der Waals surface area contributed by atoms with Crippen LogP contribution in [-0.2, 0) is 9.54 Å². The van der Waals surface area contributed by atoms with Crippen LogP contribution in [0.25, 0.3) is 10.9 Å². The summed E-state index contributed by atoms with van der Waals surface area (Å²) in [5, 5.41) is 4.97. The van der Waals surface area contributed by atoms with Gasteiger partial charge in [0.2, 0.25) is 5.91 Å². The molecule has 1 aliphatic heterocycles. The zero-order valence-corrected chi connectivity index (χ0v) is 13.2. The molecule has 0 bridgehead atoms. The summed E-state index contributed by atoms with van der Waals surface area (Å²) in [5.41, 5.74) is 7.97. The molecule has 3 rings (SSSR count). The molecule has 4 nitrogen and oxygen atoms in total. The lowest BCUT2D eigenvalue weighted by Gasteiger charge is -2.36. The number of rotatable bonds is 2. The lowest BCUT2D eigenvalue weighted by atomic mass is 9.89. The zero-order valence-electron chi connectivity index (χ0n) is 11.6. The van der Waals surface area contributed by atoms with Gasteiger partial charge in [-0.3, -0.25) is 4.79 Å². The second-order valence-corrected chi connectivity index (χ2v) is 7.13. The van der Waals surface area contributed by atoms with Gasteiger partial charge >= 0.3 is 0 Å². The molecule has 1 aromatic heterocycles. The summed E-state index contributed by atoms with van der Waals surface area (Å²) >= 11 is 10.8. The van der Waals surface area contributed by atoms with E-state index in [4.69, 9.17) is 34.9 Å². The summed E-state index contributed by atoms with van der Waals surface area (Å²) in [6, 6.07) is 7.57. The molecule has 1 aliphatic rings. The van der Waals surface area contributed by atoms with E-state index in [0.29, 0.717) is 11.4 Å². The first-order chi connectivity index (χ1) is 9.85. The molecular formula is C15H16ClN3OS. The Kier molecular flexibility index (Phi) is 3.50. The lowest BCUT2D eigenvalue weighted by molar-refractivity contribution is -0.118. The van der Waals surface area contributed by atoms with E-state index in [2.05, 4.69) is 5.32 Å². The molecule has 21 heavy (non-hydrogen) atoms. The predicted molar refractivity (Wildman–Crippen MR) is 88.9 cm³/mol. The van der Waals surface area contributed by atoms with Gasteiger partial charge in [-0.1, -0.05) is 11.6 Å². The molecule has 0 spiro atoms. The molecule has 3 N–H and O–H groups in total. The quantitative estimate of drug-likeness (QED) is 0.745. The van der Waals surface area contributed by atoms with Crippen LogP contribution in [0.5, 0.6) is 0 Å². The number of hydrogen-bond acceptors (Lipinski definition) is 4. The van der Waals surface area contributed by atoms with Crippen molar-refractivity contribution in [2.75, 3.05) is 5.32 Å². The number of carbonyl (C=O) groups is 1. The summed E-state index contributed by atoms with van der Waals surface area (Å²) in [6.07, 6.45) is 0.974. The number of benzene rings is 1. The van der Waals surface area contributed by atoms with Gasteiger partial charge in [-0.05, 0) is 37.6 Å². The van der Waals surface area contributed by atoms with Crippen LogP contribution in [0, 0.1) is 0 Å². The number of thiol groups is 1. The maximum atomic E-state index is 11.2. The van der Waals surface area contributed by atoms with E-state index in [0.717, 1.165) is 22.3 Å². The van der Waals surface area contributed by atoms with E-state index < -0.39 is 4.75 Å². The number of aromatic nitrogens is 1. The van der Waals surface area contributed by atoms with Gasteiger partial charge in [-0.2, -0.15) is 12.6 Å². The van der Waals surface area contributed by atoms with E-state index in [1.807, 2.05) is 31.2 Å².